The van der Waals surface area contributed by atoms with Gasteiger partial charge in [0.1, 0.15) is 17.6 Å². The lowest BCUT2D eigenvalue weighted by atomic mass is 9.41. The van der Waals surface area contributed by atoms with Crippen molar-refractivity contribution < 1.29 is 22.9 Å². The number of halogens is 1. The van der Waals surface area contributed by atoms with Gasteiger partial charge in [0.05, 0.1) is 6.61 Å². The number of rotatable bonds is 10. The first-order chi connectivity index (χ1) is 19.8. The number of anilines is 1. The number of alkyl halides is 1. The van der Waals surface area contributed by atoms with E-state index in [9.17, 15) is 9.18 Å². The fourth-order valence-corrected chi connectivity index (χ4v) is 8.36. The highest BCUT2D eigenvalue weighted by Crippen LogP contribution is 2.71. The number of carbonyl (C=O) groups is 1. The van der Waals surface area contributed by atoms with Gasteiger partial charge in [-0.15, -0.1) is 0 Å². The normalized spacial score (nSPS) is 33.3. The number of aromatic nitrogens is 3. The van der Waals surface area contributed by atoms with Crippen molar-refractivity contribution in [2.45, 2.75) is 101 Å². The van der Waals surface area contributed by atoms with E-state index in [0.29, 0.717) is 50.6 Å². The van der Waals surface area contributed by atoms with Crippen LogP contribution in [0.1, 0.15) is 100 Å². The van der Waals surface area contributed by atoms with E-state index in [1.165, 1.54) is 0 Å². The number of methoxy groups -OCH3 is 1. The van der Waals surface area contributed by atoms with Crippen LogP contribution >= 0.6 is 0 Å². The van der Waals surface area contributed by atoms with Crippen molar-refractivity contribution in [2.75, 3.05) is 18.6 Å². The summed E-state index contributed by atoms with van der Waals surface area (Å²) in [5.41, 5.74) is 1.25. The Balaban J connectivity index is 1.04. The van der Waals surface area contributed by atoms with Crippen LogP contribution in [0.5, 0.6) is 0 Å². The second-order valence-electron chi connectivity index (χ2n) is 14.0. The predicted octanol–water partition coefficient (Wildman–Crippen LogP) is 6.66. The standard InChI is InChI=1S/C32H37FN4O4/c1-39-15-23-16-40-27(34-23)22-3-2-4-24(13-22)37(25(38)14-30-17-32(33,18-30)19-30)20-29-7-10-31(11-8-29,12-9-29)28-35-26(36-41-28)21-5-6-21/h2-4,13,16,21H,5-12,14-15,17-20H2,1H3. The summed E-state index contributed by atoms with van der Waals surface area (Å²) < 4.78 is 31.1. The summed E-state index contributed by atoms with van der Waals surface area (Å²) in [5, 5.41) is 4.31. The molecule has 0 N–H and O–H groups in total. The number of benzene rings is 1. The third-order valence-corrected chi connectivity index (χ3v) is 10.9. The van der Waals surface area contributed by atoms with Crippen LogP contribution in [-0.4, -0.2) is 40.4 Å². The lowest BCUT2D eigenvalue weighted by molar-refractivity contribution is -0.215. The molecule has 0 aliphatic heterocycles. The monoisotopic (exact) mass is 560 g/mol. The van der Waals surface area contributed by atoms with Crippen molar-refractivity contribution in [3.8, 4) is 11.5 Å². The zero-order chi connectivity index (χ0) is 27.9. The number of amides is 1. The Morgan fingerprint density at radius 2 is 1.83 bits per heavy atom. The maximum absolute atomic E-state index is 14.3. The quantitative estimate of drug-likeness (QED) is 0.274. The Bertz CT molecular complexity index is 1450. The minimum Gasteiger partial charge on any atom is -0.444 e. The summed E-state index contributed by atoms with van der Waals surface area (Å²) in [5.74, 6) is 2.81. The molecule has 1 aromatic carbocycles. The predicted molar refractivity (Wildman–Crippen MR) is 148 cm³/mol. The Morgan fingerprint density at radius 1 is 1.07 bits per heavy atom. The summed E-state index contributed by atoms with van der Waals surface area (Å²) in [6.45, 7) is 1.04. The highest BCUT2D eigenvalue weighted by atomic mass is 19.1. The van der Waals surface area contributed by atoms with E-state index >= 15 is 0 Å². The molecule has 2 aromatic heterocycles. The molecule has 41 heavy (non-hydrogen) atoms. The van der Waals surface area contributed by atoms with E-state index in [4.69, 9.17) is 18.7 Å². The summed E-state index contributed by atoms with van der Waals surface area (Å²) in [6.07, 6.45) is 12.0. The van der Waals surface area contributed by atoms with Crippen LogP contribution in [0.4, 0.5) is 10.1 Å². The molecule has 7 aliphatic rings. The molecule has 10 rings (SSSR count). The summed E-state index contributed by atoms with van der Waals surface area (Å²) in [4.78, 5) is 25.4. The molecule has 3 aromatic rings. The van der Waals surface area contributed by atoms with Crippen molar-refractivity contribution in [2.24, 2.45) is 10.8 Å². The van der Waals surface area contributed by atoms with Crippen molar-refractivity contribution in [1.29, 1.82) is 0 Å². The second-order valence-corrected chi connectivity index (χ2v) is 14.0. The van der Waals surface area contributed by atoms with Crippen molar-refractivity contribution in [3.63, 3.8) is 0 Å². The molecule has 9 heteroatoms. The van der Waals surface area contributed by atoms with Crippen LogP contribution in [0.15, 0.2) is 39.5 Å². The minimum atomic E-state index is -1.02. The maximum Gasteiger partial charge on any atom is 0.232 e. The molecule has 0 spiro atoms. The molecular formula is C32H37FN4O4. The average Bonchev–Trinajstić information content (AvgIpc) is 3.48. The molecule has 4 bridgehead atoms. The molecule has 2 heterocycles. The van der Waals surface area contributed by atoms with Crippen LogP contribution in [0.3, 0.4) is 0 Å². The zero-order valence-electron chi connectivity index (χ0n) is 23.7. The van der Waals surface area contributed by atoms with E-state index in [1.54, 1.807) is 13.4 Å². The molecule has 0 radical (unpaired) electrons. The Hall–Kier alpha value is -3.07. The summed E-state index contributed by atoms with van der Waals surface area (Å²) in [6, 6.07) is 7.92. The van der Waals surface area contributed by atoms with Gasteiger partial charge < -0.3 is 18.6 Å². The molecule has 216 valence electrons. The lowest BCUT2D eigenvalue weighted by Crippen LogP contribution is -2.65. The maximum atomic E-state index is 14.3. The smallest absolute Gasteiger partial charge is 0.232 e. The molecule has 0 atom stereocenters. The van der Waals surface area contributed by atoms with Crippen LogP contribution in [0.2, 0.25) is 0 Å². The van der Waals surface area contributed by atoms with Crippen LogP contribution in [0, 0.1) is 10.8 Å². The Kier molecular flexibility index (Phi) is 5.60. The molecular weight excluding hydrogens is 523 g/mol. The van der Waals surface area contributed by atoms with Gasteiger partial charge in [-0.3, -0.25) is 4.79 Å². The number of hydrogen-bond acceptors (Lipinski definition) is 7. The van der Waals surface area contributed by atoms with Gasteiger partial charge in [-0.05, 0) is 99.7 Å². The SMILES string of the molecule is COCc1coc(-c2cccc(N(CC34CCC(c5nc(C6CC6)no5)(CC3)CC4)C(=O)CC34CC(F)(C3)C4)c2)n1. The number of fused-ring (bicyclic) bond motifs is 3. The third kappa shape index (κ3) is 4.34. The molecule has 1 amide bonds. The fraction of sp³-hybridized carbons (Fsp3) is 0.625. The Morgan fingerprint density at radius 3 is 2.51 bits per heavy atom. The first kappa shape index (κ1) is 25.6. The fourth-order valence-electron chi connectivity index (χ4n) is 8.36. The molecule has 0 saturated heterocycles. The van der Waals surface area contributed by atoms with Crippen molar-refractivity contribution in [1.82, 2.24) is 15.1 Å². The van der Waals surface area contributed by atoms with Crippen LogP contribution < -0.4 is 4.90 Å². The summed E-state index contributed by atoms with van der Waals surface area (Å²) >= 11 is 0. The largest absolute Gasteiger partial charge is 0.444 e. The van der Waals surface area contributed by atoms with Gasteiger partial charge in [-0.25, -0.2) is 9.37 Å². The van der Waals surface area contributed by atoms with E-state index in [2.05, 4.69) is 10.1 Å². The number of carbonyl (C=O) groups excluding carboxylic acids is 1. The number of ether oxygens (including phenoxy) is 1. The highest BCUT2D eigenvalue weighted by Gasteiger charge is 2.69. The molecule has 7 aliphatic carbocycles. The number of hydrogen-bond donors (Lipinski definition) is 0. The number of oxazole rings is 1. The molecule has 7 fully saturated rings. The van der Waals surface area contributed by atoms with Gasteiger partial charge in [-0.2, -0.15) is 4.98 Å². The van der Waals surface area contributed by atoms with Gasteiger partial charge in [0, 0.05) is 42.7 Å². The highest BCUT2D eigenvalue weighted by molar-refractivity contribution is 5.94. The first-order valence-corrected chi connectivity index (χ1v) is 15.2. The zero-order valence-corrected chi connectivity index (χ0v) is 23.7. The molecule has 7 saturated carbocycles. The van der Waals surface area contributed by atoms with Gasteiger partial charge in [0.2, 0.25) is 17.7 Å². The van der Waals surface area contributed by atoms with E-state index in [-0.39, 0.29) is 22.2 Å². The van der Waals surface area contributed by atoms with Gasteiger partial charge >= 0.3 is 0 Å². The van der Waals surface area contributed by atoms with Crippen molar-refractivity contribution >= 4 is 11.6 Å². The third-order valence-electron chi connectivity index (χ3n) is 10.9. The van der Waals surface area contributed by atoms with E-state index in [1.807, 2.05) is 29.2 Å². The lowest BCUT2D eigenvalue weighted by Gasteiger charge is -2.66. The van der Waals surface area contributed by atoms with Crippen LogP contribution in [-0.2, 0) is 21.6 Å². The topological polar surface area (TPSA) is 94.5 Å². The summed E-state index contributed by atoms with van der Waals surface area (Å²) in [7, 11) is 1.63. The molecule has 8 nitrogen and oxygen atoms in total. The van der Waals surface area contributed by atoms with Crippen LogP contribution in [0.25, 0.3) is 11.5 Å². The average molecular weight is 561 g/mol. The number of nitrogens with zero attached hydrogens (tertiary/aromatic N) is 4. The van der Waals surface area contributed by atoms with Gasteiger partial charge in [0.25, 0.3) is 0 Å². The van der Waals surface area contributed by atoms with E-state index < -0.39 is 5.67 Å². The van der Waals surface area contributed by atoms with E-state index in [0.717, 1.165) is 80.0 Å². The Labute approximate surface area is 239 Å². The molecule has 0 unspecified atom stereocenters. The van der Waals surface area contributed by atoms with Gasteiger partial charge in [0.15, 0.2) is 5.82 Å². The van der Waals surface area contributed by atoms with Gasteiger partial charge in [-0.1, -0.05) is 11.2 Å². The van der Waals surface area contributed by atoms with Crippen molar-refractivity contribution in [3.05, 3.63) is 47.9 Å². The second kappa shape index (κ2) is 8.96. The first-order valence-electron chi connectivity index (χ1n) is 15.2. The minimum absolute atomic E-state index is 0.0250.